The number of Topliss-reactive ketones (excluding diaryl/α,β-unsaturated/α-hetero) is 1. The molecule has 0 atom stereocenters. The monoisotopic (exact) mass is 236 g/mol. The van der Waals surface area contributed by atoms with E-state index in [0.29, 0.717) is 20.9 Å². The van der Waals surface area contributed by atoms with Crippen LogP contribution in [0, 0.1) is 0 Å². The molecule has 1 aromatic rings. The second-order valence-electron chi connectivity index (χ2n) is 3.97. The highest BCUT2D eigenvalue weighted by Gasteiger charge is 2.29. The zero-order valence-corrected chi connectivity index (χ0v) is 9.97. The fourth-order valence-corrected chi connectivity index (χ4v) is 3.44. The molecule has 0 N–H and O–H groups in total. The number of benzene rings is 1. The van der Waals surface area contributed by atoms with E-state index in [2.05, 4.69) is 0 Å². The molecule has 84 valence electrons. The van der Waals surface area contributed by atoms with Gasteiger partial charge in [-0.1, -0.05) is 18.2 Å². The van der Waals surface area contributed by atoms with Gasteiger partial charge in [-0.3, -0.25) is 4.79 Å². The molecule has 16 heavy (non-hydrogen) atoms. The molecule has 0 aromatic heterocycles. The maximum absolute atomic E-state index is 12.0. The first kappa shape index (κ1) is 11.1. The molecule has 1 aromatic carbocycles. The van der Waals surface area contributed by atoms with Gasteiger partial charge in [0.05, 0.1) is 4.90 Å². The first-order valence-corrected chi connectivity index (χ1v) is 6.46. The Morgan fingerprint density at radius 1 is 1.31 bits per heavy atom. The van der Waals surface area contributed by atoms with E-state index in [4.69, 9.17) is 0 Å². The largest absolute Gasteiger partial charge is 0.300 e. The molecule has 2 rings (SSSR count). The number of allylic oxidation sites excluding steroid dienone is 1. The molecule has 0 unspecified atom stereocenters. The highest BCUT2D eigenvalue weighted by atomic mass is 32.2. The van der Waals surface area contributed by atoms with Crippen LogP contribution >= 0.6 is 0 Å². The second-order valence-corrected chi connectivity index (χ2v) is 6.03. The van der Waals surface area contributed by atoms with Gasteiger partial charge in [0.2, 0.25) is 9.84 Å². The number of hydrogen-bond donors (Lipinski definition) is 0. The Morgan fingerprint density at radius 2 is 2.00 bits per heavy atom. The van der Waals surface area contributed by atoms with E-state index in [1.54, 1.807) is 31.2 Å². The molecule has 0 aliphatic carbocycles. The van der Waals surface area contributed by atoms with Gasteiger partial charge in [0, 0.05) is 11.3 Å². The molecule has 1 aliphatic rings. The average Bonchev–Trinajstić information content (AvgIpc) is 2.38. The summed E-state index contributed by atoms with van der Waals surface area (Å²) in [6.07, 6.45) is 1.82. The highest BCUT2D eigenvalue weighted by molar-refractivity contribution is 7.95. The van der Waals surface area contributed by atoms with Crippen molar-refractivity contribution in [3.63, 3.8) is 0 Å². The Balaban J connectivity index is 2.66. The minimum atomic E-state index is -3.35. The fourth-order valence-electron chi connectivity index (χ4n) is 1.91. The van der Waals surface area contributed by atoms with Gasteiger partial charge in [-0.25, -0.2) is 8.42 Å². The third kappa shape index (κ3) is 1.59. The number of carbonyl (C=O) groups is 1. The van der Waals surface area contributed by atoms with Gasteiger partial charge in [0.1, 0.15) is 5.78 Å². The summed E-state index contributed by atoms with van der Waals surface area (Å²) in [6, 6.07) is 5.24. The lowest BCUT2D eigenvalue weighted by molar-refractivity contribution is -0.116. The molecule has 0 radical (unpaired) electrons. The van der Waals surface area contributed by atoms with Gasteiger partial charge in [-0.2, -0.15) is 0 Å². The molecular formula is C12H12O3S. The molecule has 0 fully saturated rings. The Labute approximate surface area is 94.7 Å². The Kier molecular flexibility index (Phi) is 2.46. The summed E-state index contributed by atoms with van der Waals surface area (Å²) in [5, 5.41) is 0. The van der Waals surface area contributed by atoms with Gasteiger partial charge in [0.15, 0.2) is 0 Å². The molecule has 0 saturated heterocycles. The van der Waals surface area contributed by atoms with E-state index in [-0.39, 0.29) is 12.2 Å². The predicted molar refractivity (Wildman–Crippen MR) is 61.7 cm³/mol. The van der Waals surface area contributed by atoms with E-state index in [9.17, 15) is 13.2 Å². The number of hydrogen-bond acceptors (Lipinski definition) is 3. The quantitative estimate of drug-likeness (QED) is 0.788. The van der Waals surface area contributed by atoms with E-state index < -0.39 is 9.84 Å². The maximum Gasteiger partial charge on any atom is 0.203 e. The van der Waals surface area contributed by atoms with Crippen molar-refractivity contribution in [1.29, 1.82) is 0 Å². The van der Waals surface area contributed by atoms with Crippen molar-refractivity contribution in [2.45, 2.75) is 25.2 Å². The number of fused-ring (bicyclic) bond motifs is 1. The predicted octanol–water partition coefficient (Wildman–Crippen LogP) is 1.97. The Bertz CT molecular complexity index is 595. The average molecular weight is 236 g/mol. The van der Waals surface area contributed by atoms with Gasteiger partial charge >= 0.3 is 0 Å². The summed E-state index contributed by atoms with van der Waals surface area (Å²) >= 11 is 0. The lowest BCUT2D eigenvalue weighted by Gasteiger charge is -2.06. The lowest BCUT2D eigenvalue weighted by Crippen LogP contribution is -2.06. The van der Waals surface area contributed by atoms with E-state index >= 15 is 0 Å². The van der Waals surface area contributed by atoms with E-state index in [1.807, 2.05) is 0 Å². The molecular weight excluding hydrogens is 224 g/mol. The van der Waals surface area contributed by atoms with Crippen molar-refractivity contribution in [3.8, 4) is 0 Å². The van der Waals surface area contributed by atoms with Crippen molar-refractivity contribution in [2.24, 2.45) is 0 Å². The van der Waals surface area contributed by atoms with Crippen LogP contribution in [0.15, 0.2) is 28.0 Å². The molecule has 1 aliphatic heterocycles. The van der Waals surface area contributed by atoms with Crippen molar-refractivity contribution in [3.05, 3.63) is 34.2 Å². The Morgan fingerprint density at radius 3 is 2.62 bits per heavy atom. The first-order valence-electron chi connectivity index (χ1n) is 4.97. The summed E-state index contributed by atoms with van der Waals surface area (Å²) in [4.78, 5) is 11.7. The highest BCUT2D eigenvalue weighted by Crippen LogP contribution is 2.35. The van der Waals surface area contributed by atoms with Gasteiger partial charge < -0.3 is 0 Å². The second kappa shape index (κ2) is 3.56. The number of sulfone groups is 1. The first-order chi connectivity index (χ1) is 7.43. The maximum atomic E-state index is 12.0. The third-order valence-corrected chi connectivity index (χ3v) is 4.62. The molecule has 3 nitrogen and oxygen atoms in total. The van der Waals surface area contributed by atoms with Crippen LogP contribution in [0.5, 0.6) is 0 Å². The standard InChI is InChI=1S/C12H12O3S/c1-8(13)6-10-4-3-5-11-7-9(2)16(14,15)12(10)11/h3-5,7H,6H2,1-2H3. The topological polar surface area (TPSA) is 51.2 Å². The number of carbonyl (C=O) groups excluding carboxylic acids is 1. The minimum absolute atomic E-state index is 0.0341. The van der Waals surface area contributed by atoms with Crippen LogP contribution < -0.4 is 0 Å². The van der Waals surface area contributed by atoms with Gasteiger partial charge in [0.25, 0.3) is 0 Å². The van der Waals surface area contributed by atoms with Crippen LogP contribution in [-0.2, 0) is 21.1 Å². The van der Waals surface area contributed by atoms with Crippen molar-refractivity contribution in [1.82, 2.24) is 0 Å². The lowest BCUT2D eigenvalue weighted by atomic mass is 10.1. The number of rotatable bonds is 2. The molecule has 0 bridgehead atoms. The van der Waals surface area contributed by atoms with Crippen LogP contribution in [0.2, 0.25) is 0 Å². The van der Waals surface area contributed by atoms with Gasteiger partial charge in [-0.05, 0) is 31.1 Å². The molecule has 4 heteroatoms. The van der Waals surface area contributed by atoms with E-state index in [0.717, 1.165) is 0 Å². The fraction of sp³-hybridized carbons (Fsp3) is 0.250. The molecule has 0 amide bonds. The molecule has 1 heterocycles. The zero-order valence-electron chi connectivity index (χ0n) is 9.15. The normalized spacial score (nSPS) is 16.8. The summed E-state index contributed by atoms with van der Waals surface area (Å²) in [6.45, 7) is 3.04. The minimum Gasteiger partial charge on any atom is -0.300 e. The van der Waals surface area contributed by atoms with Gasteiger partial charge in [-0.15, -0.1) is 0 Å². The Hall–Kier alpha value is -1.42. The van der Waals surface area contributed by atoms with Crippen molar-refractivity contribution >= 4 is 21.7 Å². The smallest absolute Gasteiger partial charge is 0.203 e. The zero-order chi connectivity index (χ0) is 11.9. The van der Waals surface area contributed by atoms with Crippen LogP contribution in [0.1, 0.15) is 25.0 Å². The van der Waals surface area contributed by atoms with Crippen molar-refractivity contribution < 1.29 is 13.2 Å². The molecule has 0 spiro atoms. The summed E-state index contributed by atoms with van der Waals surface area (Å²) in [7, 11) is -3.35. The third-order valence-electron chi connectivity index (χ3n) is 2.62. The summed E-state index contributed by atoms with van der Waals surface area (Å²) in [5.74, 6) is -0.0341. The van der Waals surface area contributed by atoms with Crippen LogP contribution in [0.25, 0.3) is 6.08 Å². The van der Waals surface area contributed by atoms with Crippen LogP contribution in [0.4, 0.5) is 0 Å². The van der Waals surface area contributed by atoms with Crippen LogP contribution in [-0.4, -0.2) is 14.2 Å². The van der Waals surface area contributed by atoms with E-state index in [1.165, 1.54) is 6.92 Å². The van der Waals surface area contributed by atoms with Crippen LogP contribution in [0.3, 0.4) is 0 Å². The van der Waals surface area contributed by atoms with Crippen molar-refractivity contribution in [2.75, 3.05) is 0 Å². The molecule has 0 saturated carbocycles. The summed E-state index contributed by atoms with van der Waals surface area (Å²) in [5.41, 5.74) is 1.29. The SMILES string of the molecule is CC(=O)Cc1cccc2c1S(=O)(=O)C(C)=C2. The number of ketones is 1. The summed E-state index contributed by atoms with van der Waals surface area (Å²) < 4.78 is 24.0.